The van der Waals surface area contributed by atoms with Crippen LogP contribution in [0, 0.1) is 11.3 Å². The van der Waals surface area contributed by atoms with Crippen molar-refractivity contribution in [2.24, 2.45) is 0 Å². The molecule has 1 N–H and O–H groups in total. The van der Waals surface area contributed by atoms with Gasteiger partial charge in [0.05, 0.1) is 18.0 Å². The molecule has 1 aromatic heterocycles. The quantitative estimate of drug-likeness (QED) is 0.803. The summed E-state index contributed by atoms with van der Waals surface area (Å²) in [5, 5.41) is 12.1. The van der Waals surface area contributed by atoms with E-state index in [1.165, 1.54) is 0 Å². The van der Waals surface area contributed by atoms with E-state index in [4.69, 9.17) is 5.26 Å². The lowest BCUT2D eigenvalue weighted by Gasteiger charge is -2.09. The van der Waals surface area contributed by atoms with Crippen molar-refractivity contribution in [1.29, 1.82) is 5.26 Å². The van der Waals surface area contributed by atoms with Crippen molar-refractivity contribution in [2.45, 2.75) is 19.4 Å². The number of carbonyl (C=O) groups excluding carboxylic acids is 1. The van der Waals surface area contributed by atoms with E-state index in [0.717, 1.165) is 29.6 Å². The van der Waals surface area contributed by atoms with E-state index in [2.05, 4.69) is 11.4 Å². The van der Waals surface area contributed by atoms with Gasteiger partial charge in [-0.05, 0) is 35.7 Å². The van der Waals surface area contributed by atoms with Crippen LogP contribution in [0.5, 0.6) is 0 Å². The van der Waals surface area contributed by atoms with Gasteiger partial charge in [-0.25, -0.2) is 0 Å². The zero-order valence-electron chi connectivity index (χ0n) is 13.5. The van der Waals surface area contributed by atoms with Crippen molar-refractivity contribution < 1.29 is 4.79 Å². The first kappa shape index (κ1) is 15.2. The summed E-state index contributed by atoms with van der Waals surface area (Å²) >= 11 is 0. The number of benzene rings is 2. The van der Waals surface area contributed by atoms with Gasteiger partial charge >= 0.3 is 0 Å². The molecular formula is C20H15N3O2. The first-order valence-electron chi connectivity index (χ1n) is 8.09. The molecule has 1 aliphatic heterocycles. The zero-order chi connectivity index (χ0) is 17.4. The Morgan fingerprint density at radius 2 is 2.00 bits per heavy atom. The second-order valence-electron chi connectivity index (χ2n) is 6.11. The number of nitriles is 1. The van der Waals surface area contributed by atoms with E-state index < -0.39 is 5.91 Å². The predicted molar refractivity (Wildman–Crippen MR) is 95.6 cm³/mol. The lowest BCUT2D eigenvalue weighted by Crippen LogP contribution is -2.23. The molecule has 5 heteroatoms. The molecule has 4 rings (SSSR count). The summed E-state index contributed by atoms with van der Waals surface area (Å²) < 4.78 is 1.98. The Balaban J connectivity index is 1.69. The maximum absolute atomic E-state index is 12.7. The van der Waals surface area contributed by atoms with Crippen LogP contribution in [0.15, 0.2) is 53.5 Å². The van der Waals surface area contributed by atoms with Gasteiger partial charge in [-0.3, -0.25) is 9.59 Å². The van der Waals surface area contributed by atoms with E-state index in [9.17, 15) is 9.59 Å². The summed E-state index contributed by atoms with van der Waals surface area (Å²) in [6.45, 7) is 0.777. The van der Waals surface area contributed by atoms with Crippen molar-refractivity contribution in [1.82, 2.24) is 4.57 Å². The third-order valence-corrected chi connectivity index (χ3v) is 4.54. The van der Waals surface area contributed by atoms with Crippen LogP contribution in [0.4, 0.5) is 5.69 Å². The maximum Gasteiger partial charge on any atom is 0.261 e. The highest BCUT2D eigenvalue weighted by Crippen LogP contribution is 2.24. The van der Waals surface area contributed by atoms with E-state index in [0.29, 0.717) is 17.5 Å². The van der Waals surface area contributed by atoms with Gasteiger partial charge in [-0.2, -0.15) is 5.26 Å². The van der Waals surface area contributed by atoms with E-state index in [1.54, 1.807) is 36.5 Å². The van der Waals surface area contributed by atoms with E-state index in [-0.39, 0.29) is 11.0 Å². The second-order valence-corrected chi connectivity index (χ2v) is 6.11. The summed E-state index contributed by atoms with van der Waals surface area (Å²) in [7, 11) is 0. The number of hydrogen-bond donors (Lipinski definition) is 1. The second kappa shape index (κ2) is 5.91. The minimum Gasteiger partial charge on any atom is -0.346 e. The number of nitrogens with zero attached hydrogens (tertiary/aromatic N) is 2. The molecule has 0 bridgehead atoms. The fraction of sp³-hybridized carbons (Fsp3) is 0.150. The highest BCUT2D eigenvalue weighted by Gasteiger charge is 2.20. The zero-order valence-corrected chi connectivity index (χ0v) is 13.5. The smallest absolute Gasteiger partial charge is 0.261 e. The normalized spacial score (nSPS) is 12.1. The molecule has 0 radical (unpaired) electrons. The Morgan fingerprint density at radius 3 is 2.76 bits per heavy atom. The average Bonchev–Trinajstić information content (AvgIpc) is 3.04. The Bertz CT molecular complexity index is 1090. The lowest BCUT2D eigenvalue weighted by atomic mass is 10.1. The number of anilines is 1. The molecule has 2 heterocycles. The van der Waals surface area contributed by atoms with Crippen LogP contribution in [-0.4, -0.2) is 10.5 Å². The molecule has 0 aliphatic carbocycles. The van der Waals surface area contributed by atoms with Gasteiger partial charge < -0.3 is 9.88 Å². The molecule has 0 unspecified atom stereocenters. The summed E-state index contributed by atoms with van der Waals surface area (Å²) in [6.07, 6.45) is 2.86. The summed E-state index contributed by atoms with van der Waals surface area (Å²) in [6, 6.07) is 14.8. The fourth-order valence-electron chi connectivity index (χ4n) is 3.31. The molecule has 1 aliphatic rings. The standard InChI is InChI=1S/C20H15N3O2/c21-10-8-13-4-6-15(7-5-13)22-20(25)17-12-23-11-9-14-2-1-3-16(18(14)23)19(17)24/h1-7,12H,8-9,11H2,(H,22,25). The molecule has 2 aromatic carbocycles. The molecule has 0 spiro atoms. The number of para-hydroxylation sites is 1. The van der Waals surface area contributed by atoms with Crippen molar-refractivity contribution in [2.75, 3.05) is 5.32 Å². The summed E-state index contributed by atoms with van der Waals surface area (Å²) in [4.78, 5) is 25.3. The number of pyridine rings is 1. The van der Waals surface area contributed by atoms with Crippen LogP contribution in [0.1, 0.15) is 21.5 Å². The monoisotopic (exact) mass is 329 g/mol. The van der Waals surface area contributed by atoms with Gasteiger partial charge in [-0.1, -0.05) is 24.3 Å². The first-order chi connectivity index (χ1) is 12.2. The molecule has 1 amide bonds. The SMILES string of the molecule is N#CCc1ccc(NC(=O)c2cn3c4c(cccc4c2=O)CC3)cc1. The molecule has 0 saturated heterocycles. The van der Waals surface area contributed by atoms with Crippen LogP contribution < -0.4 is 10.7 Å². The summed E-state index contributed by atoms with van der Waals surface area (Å²) in [5.74, 6) is -0.416. The number of hydrogen-bond acceptors (Lipinski definition) is 3. The van der Waals surface area contributed by atoms with Crippen molar-refractivity contribution in [3.8, 4) is 6.07 Å². The van der Waals surface area contributed by atoms with Gasteiger partial charge in [0.2, 0.25) is 5.43 Å². The third kappa shape index (κ3) is 2.58. The van der Waals surface area contributed by atoms with Gasteiger partial charge in [0, 0.05) is 23.8 Å². The van der Waals surface area contributed by atoms with Gasteiger partial charge in [0.1, 0.15) is 5.56 Å². The van der Waals surface area contributed by atoms with Crippen LogP contribution in [0.25, 0.3) is 10.9 Å². The van der Waals surface area contributed by atoms with Crippen molar-refractivity contribution >= 4 is 22.5 Å². The predicted octanol–water partition coefficient (Wildman–Crippen LogP) is 2.88. The van der Waals surface area contributed by atoms with Crippen LogP contribution in [0.3, 0.4) is 0 Å². The molecule has 5 nitrogen and oxygen atoms in total. The van der Waals surface area contributed by atoms with Crippen molar-refractivity contribution in [3.05, 3.63) is 75.6 Å². The number of carbonyl (C=O) groups is 1. The third-order valence-electron chi connectivity index (χ3n) is 4.54. The molecule has 0 atom stereocenters. The summed E-state index contributed by atoms with van der Waals surface area (Å²) in [5.41, 5.74) is 3.47. The minimum atomic E-state index is -0.416. The van der Waals surface area contributed by atoms with Gasteiger partial charge in [0.25, 0.3) is 5.91 Å². The number of aromatic nitrogens is 1. The Morgan fingerprint density at radius 1 is 1.20 bits per heavy atom. The van der Waals surface area contributed by atoms with Gasteiger partial charge in [-0.15, -0.1) is 0 Å². The highest BCUT2D eigenvalue weighted by molar-refractivity contribution is 6.06. The average molecular weight is 329 g/mol. The number of amides is 1. The van der Waals surface area contributed by atoms with Crippen LogP contribution in [-0.2, 0) is 19.4 Å². The van der Waals surface area contributed by atoms with E-state index in [1.807, 2.05) is 16.7 Å². The topological polar surface area (TPSA) is 74.9 Å². The molecule has 3 aromatic rings. The Hall–Kier alpha value is -3.39. The molecule has 0 saturated carbocycles. The Labute approximate surface area is 144 Å². The molecule has 122 valence electrons. The van der Waals surface area contributed by atoms with Crippen molar-refractivity contribution in [3.63, 3.8) is 0 Å². The van der Waals surface area contributed by atoms with Gasteiger partial charge in [0.15, 0.2) is 0 Å². The fourth-order valence-corrected chi connectivity index (χ4v) is 3.31. The minimum absolute atomic E-state index is 0.146. The number of rotatable bonds is 3. The largest absolute Gasteiger partial charge is 0.346 e. The maximum atomic E-state index is 12.7. The lowest BCUT2D eigenvalue weighted by molar-refractivity contribution is 0.102. The van der Waals surface area contributed by atoms with Crippen LogP contribution >= 0.6 is 0 Å². The van der Waals surface area contributed by atoms with E-state index >= 15 is 0 Å². The molecular weight excluding hydrogens is 314 g/mol. The van der Waals surface area contributed by atoms with Crippen LogP contribution in [0.2, 0.25) is 0 Å². The molecule has 25 heavy (non-hydrogen) atoms. The molecule has 0 fully saturated rings. The Kier molecular flexibility index (Phi) is 3.58. The number of nitrogens with one attached hydrogen (secondary N) is 1. The number of aryl methyl sites for hydroxylation is 2. The first-order valence-corrected chi connectivity index (χ1v) is 8.09. The highest BCUT2D eigenvalue weighted by atomic mass is 16.2.